The lowest BCUT2D eigenvalue weighted by Gasteiger charge is -2.22. The fourth-order valence-corrected chi connectivity index (χ4v) is 3.46. The lowest BCUT2D eigenvalue weighted by molar-refractivity contribution is 0.175. The van der Waals surface area contributed by atoms with E-state index in [4.69, 9.17) is 16.3 Å². The Morgan fingerprint density at radius 3 is 2.75 bits per heavy atom. The molecule has 8 heteroatoms. The third-order valence-electron chi connectivity index (χ3n) is 2.67. The van der Waals surface area contributed by atoms with E-state index in [-0.39, 0.29) is 10.8 Å². The summed E-state index contributed by atoms with van der Waals surface area (Å²) in [7, 11) is -1.98. The van der Waals surface area contributed by atoms with E-state index in [1.54, 1.807) is 7.11 Å². The molecule has 0 atom stereocenters. The molecule has 0 radical (unpaired) electrons. The minimum absolute atomic E-state index is 0.194. The molecule has 0 aliphatic heterocycles. The molecule has 0 unspecified atom stereocenters. The van der Waals surface area contributed by atoms with Crippen LogP contribution in [0.5, 0.6) is 0 Å². The second-order valence-electron chi connectivity index (χ2n) is 4.88. The molecule has 20 heavy (non-hydrogen) atoms. The van der Waals surface area contributed by atoms with Gasteiger partial charge in [0.05, 0.1) is 19.3 Å². The van der Waals surface area contributed by atoms with Crippen molar-refractivity contribution in [3.05, 3.63) is 12.4 Å². The summed E-state index contributed by atoms with van der Waals surface area (Å²) in [5.41, 5.74) is 0. The van der Waals surface area contributed by atoms with Crippen LogP contribution < -0.4 is 0 Å². The van der Waals surface area contributed by atoms with Gasteiger partial charge in [0.2, 0.25) is 10.0 Å². The van der Waals surface area contributed by atoms with Crippen molar-refractivity contribution >= 4 is 21.6 Å². The van der Waals surface area contributed by atoms with Crippen molar-refractivity contribution in [2.45, 2.75) is 25.3 Å². The van der Waals surface area contributed by atoms with Gasteiger partial charge in [0.15, 0.2) is 0 Å². The maximum Gasteiger partial charge on any atom is 0.246 e. The molecule has 6 nitrogen and oxygen atoms in total. The van der Waals surface area contributed by atoms with Crippen molar-refractivity contribution in [1.29, 1.82) is 0 Å². The molecule has 1 heterocycles. The SMILES string of the molecule is COCCN(CC(C)C)S(=O)(=O)c1cnn(CCCl)c1. The van der Waals surface area contributed by atoms with E-state index in [9.17, 15) is 8.42 Å². The molecule has 0 N–H and O–H groups in total. The minimum atomic E-state index is -3.54. The van der Waals surface area contributed by atoms with Crippen molar-refractivity contribution in [3.8, 4) is 0 Å². The molecule has 0 saturated carbocycles. The molecular formula is C12H22ClN3O3S. The largest absolute Gasteiger partial charge is 0.383 e. The zero-order valence-electron chi connectivity index (χ0n) is 12.1. The van der Waals surface area contributed by atoms with Crippen LogP contribution in [-0.2, 0) is 21.3 Å². The highest BCUT2D eigenvalue weighted by molar-refractivity contribution is 7.89. The summed E-state index contributed by atoms with van der Waals surface area (Å²) in [4.78, 5) is 0.194. The standard InChI is InChI=1S/C12H22ClN3O3S/c1-11(2)9-16(6-7-19-3)20(17,18)12-8-14-15(10-12)5-4-13/h8,10-11H,4-7,9H2,1-3H3. The quantitative estimate of drug-likeness (QED) is 0.645. The molecule has 0 aliphatic carbocycles. The molecule has 116 valence electrons. The van der Waals surface area contributed by atoms with E-state index in [1.165, 1.54) is 21.4 Å². The van der Waals surface area contributed by atoms with Gasteiger partial charge >= 0.3 is 0 Å². The minimum Gasteiger partial charge on any atom is -0.383 e. The van der Waals surface area contributed by atoms with Crippen LogP contribution in [0.4, 0.5) is 0 Å². The van der Waals surface area contributed by atoms with E-state index in [0.29, 0.717) is 32.1 Å². The smallest absolute Gasteiger partial charge is 0.246 e. The number of nitrogens with zero attached hydrogens (tertiary/aromatic N) is 3. The number of aromatic nitrogens is 2. The van der Waals surface area contributed by atoms with Gasteiger partial charge in [-0.15, -0.1) is 11.6 Å². The monoisotopic (exact) mass is 323 g/mol. The molecule has 1 aromatic rings. The van der Waals surface area contributed by atoms with Gasteiger partial charge in [-0.05, 0) is 5.92 Å². The molecule has 0 spiro atoms. The molecule has 0 aromatic carbocycles. The Morgan fingerprint density at radius 2 is 2.20 bits per heavy atom. The van der Waals surface area contributed by atoms with Crippen LogP contribution in [0.2, 0.25) is 0 Å². The maximum absolute atomic E-state index is 12.6. The predicted molar refractivity (Wildman–Crippen MR) is 78.4 cm³/mol. The average Bonchev–Trinajstić information content (AvgIpc) is 2.83. The summed E-state index contributed by atoms with van der Waals surface area (Å²) >= 11 is 5.62. The van der Waals surface area contributed by atoms with Crippen molar-refractivity contribution in [3.63, 3.8) is 0 Å². The fourth-order valence-electron chi connectivity index (χ4n) is 1.75. The zero-order chi connectivity index (χ0) is 15.2. The molecule has 0 fully saturated rings. The van der Waals surface area contributed by atoms with E-state index < -0.39 is 10.0 Å². The van der Waals surface area contributed by atoms with E-state index in [0.717, 1.165) is 0 Å². The van der Waals surface area contributed by atoms with Crippen LogP contribution >= 0.6 is 11.6 Å². The molecule has 0 bridgehead atoms. The lowest BCUT2D eigenvalue weighted by atomic mass is 10.2. The van der Waals surface area contributed by atoms with Crippen LogP contribution in [0.1, 0.15) is 13.8 Å². The molecule has 0 saturated heterocycles. The van der Waals surface area contributed by atoms with Crippen LogP contribution in [0.3, 0.4) is 0 Å². The predicted octanol–water partition coefficient (Wildman–Crippen LogP) is 1.41. The average molecular weight is 324 g/mol. The van der Waals surface area contributed by atoms with Crippen LogP contribution in [0.25, 0.3) is 0 Å². The number of sulfonamides is 1. The van der Waals surface area contributed by atoms with Gasteiger partial charge in [-0.25, -0.2) is 8.42 Å². The van der Waals surface area contributed by atoms with Crippen molar-refractivity contribution in [2.75, 3.05) is 32.7 Å². The maximum atomic E-state index is 12.6. The highest BCUT2D eigenvalue weighted by atomic mass is 35.5. The summed E-state index contributed by atoms with van der Waals surface area (Å²) in [6, 6.07) is 0. The van der Waals surface area contributed by atoms with Crippen LogP contribution in [-0.4, -0.2) is 55.2 Å². The first-order valence-corrected chi connectivity index (χ1v) is 8.46. The number of methoxy groups -OCH3 is 1. The van der Waals surface area contributed by atoms with Gasteiger partial charge in [-0.1, -0.05) is 13.8 Å². The Kier molecular flexibility index (Phi) is 6.94. The number of hydrogen-bond acceptors (Lipinski definition) is 4. The summed E-state index contributed by atoms with van der Waals surface area (Å²) in [5.74, 6) is 0.625. The highest BCUT2D eigenvalue weighted by Gasteiger charge is 2.26. The van der Waals surface area contributed by atoms with Gasteiger partial charge in [0.1, 0.15) is 4.90 Å². The topological polar surface area (TPSA) is 64.4 Å². The summed E-state index contributed by atoms with van der Waals surface area (Å²) in [6.45, 7) is 5.59. The highest BCUT2D eigenvalue weighted by Crippen LogP contribution is 2.16. The first kappa shape index (κ1) is 17.4. The Bertz CT molecular complexity index is 502. The zero-order valence-corrected chi connectivity index (χ0v) is 13.7. The van der Waals surface area contributed by atoms with Gasteiger partial charge in [-0.3, -0.25) is 4.68 Å². The van der Waals surface area contributed by atoms with Gasteiger partial charge in [-0.2, -0.15) is 9.40 Å². The van der Waals surface area contributed by atoms with Gasteiger partial charge < -0.3 is 4.74 Å². The summed E-state index contributed by atoms with van der Waals surface area (Å²) in [6.07, 6.45) is 2.87. The van der Waals surface area contributed by atoms with Crippen molar-refractivity contribution in [2.24, 2.45) is 5.92 Å². The number of aryl methyl sites for hydroxylation is 1. The third kappa shape index (κ3) is 4.73. The van der Waals surface area contributed by atoms with Gasteiger partial charge in [0, 0.05) is 32.3 Å². The van der Waals surface area contributed by atoms with E-state index >= 15 is 0 Å². The second kappa shape index (κ2) is 7.97. The first-order chi connectivity index (χ1) is 9.41. The molecule has 1 rings (SSSR count). The molecule has 1 aromatic heterocycles. The Balaban J connectivity index is 2.94. The number of ether oxygens (including phenoxy) is 1. The summed E-state index contributed by atoms with van der Waals surface area (Å²) in [5, 5.41) is 4.01. The van der Waals surface area contributed by atoms with E-state index in [2.05, 4.69) is 5.10 Å². The number of alkyl halides is 1. The Hall–Kier alpha value is -0.630. The molecular weight excluding hydrogens is 302 g/mol. The normalized spacial score (nSPS) is 12.5. The number of hydrogen-bond donors (Lipinski definition) is 0. The Labute approximate surface area is 125 Å². The van der Waals surface area contributed by atoms with Crippen molar-refractivity contribution < 1.29 is 13.2 Å². The van der Waals surface area contributed by atoms with E-state index in [1.807, 2.05) is 13.8 Å². The van der Waals surface area contributed by atoms with Gasteiger partial charge in [0.25, 0.3) is 0 Å². The van der Waals surface area contributed by atoms with Crippen molar-refractivity contribution in [1.82, 2.24) is 14.1 Å². The number of halogens is 1. The summed E-state index contributed by atoms with van der Waals surface area (Å²) < 4.78 is 33.1. The number of rotatable bonds is 9. The van der Waals surface area contributed by atoms with Crippen LogP contribution in [0, 0.1) is 5.92 Å². The fraction of sp³-hybridized carbons (Fsp3) is 0.750. The molecule has 0 aliphatic rings. The lowest BCUT2D eigenvalue weighted by Crippen LogP contribution is -2.36. The second-order valence-corrected chi connectivity index (χ2v) is 7.19. The first-order valence-electron chi connectivity index (χ1n) is 6.49. The van der Waals surface area contributed by atoms with Crippen LogP contribution in [0.15, 0.2) is 17.3 Å². The third-order valence-corrected chi connectivity index (χ3v) is 4.66. The Morgan fingerprint density at radius 1 is 1.50 bits per heavy atom. The molecule has 0 amide bonds.